The summed E-state index contributed by atoms with van der Waals surface area (Å²) in [7, 11) is 0. The quantitative estimate of drug-likeness (QED) is 0.858. The Labute approximate surface area is 114 Å². The maximum atomic E-state index is 11.3. The van der Waals surface area contributed by atoms with E-state index in [9.17, 15) is 9.90 Å². The van der Waals surface area contributed by atoms with Crippen LogP contribution in [-0.2, 0) is 0 Å². The van der Waals surface area contributed by atoms with Gasteiger partial charge in [0.25, 0.3) is 0 Å². The van der Waals surface area contributed by atoms with E-state index in [-0.39, 0.29) is 0 Å². The molecule has 0 spiro atoms. The number of hydrogen-bond donors (Lipinski definition) is 1. The second kappa shape index (κ2) is 5.29. The molecule has 1 N–H and O–H groups in total. The average Bonchev–Trinajstić information content (AvgIpc) is 2.32. The summed E-state index contributed by atoms with van der Waals surface area (Å²) in [5, 5.41) is 10.3. The minimum Gasteiger partial charge on any atom is -0.464 e. The van der Waals surface area contributed by atoms with Crippen LogP contribution in [-0.4, -0.2) is 11.2 Å². The first kappa shape index (κ1) is 12.7. The van der Waals surface area contributed by atoms with Gasteiger partial charge in [-0.15, -0.1) is 0 Å². The summed E-state index contributed by atoms with van der Waals surface area (Å²) in [5.74, 6) is 0. The van der Waals surface area contributed by atoms with Crippen LogP contribution in [0.1, 0.15) is 0 Å². The molecule has 0 atom stereocenters. The van der Waals surface area contributed by atoms with Crippen LogP contribution in [0.2, 0.25) is 10.0 Å². The molecule has 0 aliphatic rings. The standard InChI is InChI=1S/C13H9Cl2NO2/c14-9-4-6-11(7-5-9)16(13(17)18)12-3-1-2-10(15)8-12/h1-8H,(H,17,18). The Hall–Kier alpha value is -1.71. The van der Waals surface area contributed by atoms with E-state index in [1.807, 2.05) is 0 Å². The predicted octanol–water partition coefficient (Wildman–Crippen LogP) is 4.81. The molecule has 0 unspecified atom stereocenters. The van der Waals surface area contributed by atoms with Crippen molar-refractivity contribution < 1.29 is 9.90 Å². The minimum atomic E-state index is -1.08. The Balaban J connectivity index is 2.46. The minimum absolute atomic E-state index is 0.479. The molecule has 0 saturated carbocycles. The molecule has 18 heavy (non-hydrogen) atoms. The van der Waals surface area contributed by atoms with Crippen LogP contribution < -0.4 is 4.90 Å². The van der Waals surface area contributed by atoms with Gasteiger partial charge in [0.15, 0.2) is 0 Å². The molecular weight excluding hydrogens is 273 g/mol. The first-order valence-corrected chi connectivity index (χ1v) is 5.88. The lowest BCUT2D eigenvalue weighted by Gasteiger charge is -2.19. The number of halogens is 2. The van der Waals surface area contributed by atoms with Crippen molar-refractivity contribution in [3.05, 3.63) is 58.6 Å². The highest BCUT2D eigenvalue weighted by molar-refractivity contribution is 6.31. The smallest absolute Gasteiger partial charge is 0.416 e. The van der Waals surface area contributed by atoms with Gasteiger partial charge in [0.2, 0.25) is 0 Å². The van der Waals surface area contributed by atoms with Crippen molar-refractivity contribution >= 4 is 40.7 Å². The van der Waals surface area contributed by atoms with Gasteiger partial charge in [0.1, 0.15) is 0 Å². The fourth-order valence-electron chi connectivity index (χ4n) is 1.58. The van der Waals surface area contributed by atoms with Crippen molar-refractivity contribution in [2.45, 2.75) is 0 Å². The van der Waals surface area contributed by atoms with Gasteiger partial charge in [-0.25, -0.2) is 9.69 Å². The van der Waals surface area contributed by atoms with Gasteiger partial charge in [0.05, 0.1) is 11.4 Å². The number of nitrogens with zero attached hydrogens (tertiary/aromatic N) is 1. The summed E-state index contributed by atoms with van der Waals surface area (Å²) in [6.45, 7) is 0. The summed E-state index contributed by atoms with van der Waals surface area (Å²) >= 11 is 11.6. The molecule has 2 rings (SSSR count). The molecule has 0 aromatic heterocycles. The fraction of sp³-hybridized carbons (Fsp3) is 0. The van der Waals surface area contributed by atoms with E-state index in [1.54, 1.807) is 48.5 Å². The molecule has 92 valence electrons. The van der Waals surface area contributed by atoms with Crippen LogP contribution >= 0.6 is 23.2 Å². The van der Waals surface area contributed by atoms with Gasteiger partial charge < -0.3 is 5.11 Å². The van der Waals surface area contributed by atoms with E-state index < -0.39 is 6.09 Å². The van der Waals surface area contributed by atoms with Crippen molar-refractivity contribution in [1.82, 2.24) is 0 Å². The van der Waals surface area contributed by atoms with E-state index >= 15 is 0 Å². The summed E-state index contributed by atoms with van der Waals surface area (Å²) in [6, 6.07) is 13.2. The highest BCUT2D eigenvalue weighted by atomic mass is 35.5. The molecule has 0 heterocycles. The van der Waals surface area contributed by atoms with E-state index in [0.29, 0.717) is 21.4 Å². The molecule has 3 nitrogen and oxygen atoms in total. The third-order valence-electron chi connectivity index (χ3n) is 2.34. The van der Waals surface area contributed by atoms with E-state index in [4.69, 9.17) is 23.2 Å². The summed E-state index contributed by atoms with van der Waals surface area (Å²) in [4.78, 5) is 12.5. The molecule has 0 fully saturated rings. The SMILES string of the molecule is O=C(O)N(c1ccc(Cl)cc1)c1cccc(Cl)c1. The van der Waals surface area contributed by atoms with Crippen molar-refractivity contribution in [3.8, 4) is 0 Å². The molecular formula is C13H9Cl2NO2. The Morgan fingerprint density at radius 1 is 0.944 bits per heavy atom. The second-order valence-electron chi connectivity index (χ2n) is 3.57. The lowest BCUT2D eigenvalue weighted by molar-refractivity contribution is 0.205. The molecule has 2 aromatic rings. The molecule has 2 aromatic carbocycles. The van der Waals surface area contributed by atoms with Crippen molar-refractivity contribution in [3.63, 3.8) is 0 Å². The van der Waals surface area contributed by atoms with Gasteiger partial charge in [-0.05, 0) is 42.5 Å². The number of anilines is 2. The molecule has 0 aliphatic carbocycles. The first-order valence-electron chi connectivity index (χ1n) is 5.12. The van der Waals surface area contributed by atoms with Crippen LogP contribution in [0.25, 0.3) is 0 Å². The molecule has 0 saturated heterocycles. The Bertz CT molecular complexity index is 569. The Kier molecular flexibility index (Phi) is 3.75. The molecule has 0 radical (unpaired) electrons. The predicted molar refractivity (Wildman–Crippen MR) is 73.1 cm³/mol. The number of hydrogen-bond acceptors (Lipinski definition) is 1. The van der Waals surface area contributed by atoms with Gasteiger partial charge in [-0.1, -0.05) is 29.3 Å². The third kappa shape index (κ3) is 2.75. The van der Waals surface area contributed by atoms with E-state index in [2.05, 4.69) is 0 Å². The van der Waals surface area contributed by atoms with Gasteiger partial charge in [0, 0.05) is 10.0 Å². The van der Waals surface area contributed by atoms with Crippen LogP contribution in [0.4, 0.5) is 16.2 Å². The number of carbonyl (C=O) groups is 1. The first-order chi connectivity index (χ1) is 8.58. The zero-order chi connectivity index (χ0) is 13.1. The van der Waals surface area contributed by atoms with Gasteiger partial charge >= 0.3 is 6.09 Å². The van der Waals surface area contributed by atoms with Gasteiger partial charge in [-0.3, -0.25) is 0 Å². The largest absolute Gasteiger partial charge is 0.464 e. The summed E-state index contributed by atoms with van der Waals surface area (Å²) in [6.07, 6.45) is -1.08. The van der Waals surface area contributed by atoms with E-state index in [0.717, 1.165) is 4.90 Å². The highest BCUT2D eigenvalue weighted by Crippen LogP contribution is 2.28. The lowest BCUT2D eigenvalue weighted by atomic mass is 10.2. The number of rotatable bonds is 2. The van der Waals surface area contributed by atoms with Gasteiger partial charge in [-0.2, -0.15) is 0 Å². The van der Waals surface area contributed by atoms with Crippen LogP contribution in [0, 0.1) is 0 Å². The van der Waals surface area contributed by atoms with Crippen molar-refractivity contribution in [1.29, 1.82) is 0 Å². The van der Waals surface area contributed by atoms with E-state index in [1.165, 1.54) is 0 Å². The highest BCUT2D eigenvalue weighted by Gasteiger charge is 2.16. The normalized spacial score (nSPS) is 10.1. The second-order valence-corrected chi connectivity index (χ2v) is 4.45. The fourth-order valence-corrected chi connectivity index (χ4v) is 1.89. The van der Waals surface area contributed by atoms with Crippen molar-refractivity contribution in [2.75, 3.05) is 4.90 Å². The topological polar surface area (TPSA) is 40.5 Å². The third-order valence-corrected chi connectivity index (χ3v) is 2.83. The average molecular weight is 282 g/mol. The monoisotopic (exact) mass is 281 g/mol. The van der Waals surface area contributed by atoms with Crippen molar-refractivity contribution in [2.24, 2.45) is 0 Å². The molecule has 5 heteroatoms. The Morgan fingerprint density at radius 3 is 2.17 bits per heavy atom. The maximum Gasteiger partial charge on any atom is 0.416 e. The van der Waals surface area contributed by atoms with Crippen LogP contribution in [0.15, 0.2) is 48.5 Å². The molecule has 0 bridgehead atoms. The number of amides is 1. The Morgan fingerprint density at radius 2 is 1.61 bits per heavy atom. The zero-order valence-electron chi connectivity index (χ0n) is 9.18. The molecule has 1 amide bonds. The summed E-state index contributed by atoms with van der Waals surface area (Å²) in [5.41, 5.74) is 0.992. The zero-order valence-corrected chi connectivity index (χ0v) is 10.7. The lowest BCUT2D eigenvalue weighted by Crippen LogP contribution is -2.23. The van der Waals surface area contributed by atoms with Crippen LogP contribution in [0.3, 0.4) is 0 Å². The number of benzene rings is 2. The van der Waals surface area contributed by atoms with Crippen LogP contribution in [0.5, 0.6) is 0 Å². The maximum absolute atomic E-state index is 11.3. The molecule has 0 aliphatic heterocycles. The summed E-state index contributed by atoms with van der Waals surface area (Å²) < 4.78 is 0. The number of carboxylic acid groups (broad SMARTS) is 1.